The van der Waals surface area contributed by atoms with E-state index in [0.717, 1.165) is 33.3 Å². The van der Waals surface area contributed by atoms with Crippen LogP contribution < -0.4 is 5.32 Å². The number of carbonyl (C=O) groups excluding carboxylic acids is 2. The van der Waals surface area contributed by atoms with Crippen LogP contribution in [0.15, 0.2) is 72.8 Å². The molecule has 3 aromatic carbocycles. The molecule has 0 fully saturated rings. The van der Waals surface area contributed by atoms with Gasteiger partial charge in [0.25, 0.3) is 0 Å². The number of aromatic amines is 1. The standard InChI is InChI=1S/C27H24Cl2N2O3/c1-34-27(33)22(16-17-8-4-2-5-9-17)30-23(32)15-12-19-24-20(28)13-14-21(29)26(24)31-25(19)18-10-6-3-7-11-18/h2-11,13-14,22,31H,12,15-16H2,1H3,(H,30,32). The van der Waals surface area contributed by atoms with Gasteiger partial charge in [0.1, 0.15) is 6.04 Å². The van der Waals surface area contributed by atoms with E-state index < -0.39 is 12.0 Å². The minimum absolute atomic E-state index is 0.165. The lowest BCUT2D eigenvalue weighted by Crippen LogP contribution is -2.43. The molecule has 5 nitrogen and oxygen atoms in total. The summed E-state index contributed by atoms with van der Waals surface area (Å²) in [6.45, 7) is 0. The van der Waals surface area contributed by atoms with Crippen molar-refractivity contribution in [3.8, 4) is 11.3 Å². The molecule has 0 aliphatic rings. The van der Waals surface area contributed by atoms with Gasteiger partial charge in [-0.05, 0) is 35.2 Å². The fourth-order valence-corrected chi connectivity index (χ4v) is 4.56. The van der Waals surface area contributed by atoms with Gasteiger partial charge in [0.15, 0.2) is 0 Å². The van der Waals surface area contributed by atoms with Gasteiger partial charge in [0.2, 0.25) is 5.91 Å². The molecule has 34 heavy (non-hydrogen) atoms. The van der Waals surface area contributed by atoms with E-state index in [0.29, 0.717) is 22.9 Å². The first-order valence-electron chi connectivity index (χ1n) is 10.9. The molecule has 1 amide bonds. The van der Waals surface area contributed by atoms with Gasteiger partial charge in [-0.2, -0.15) is 0 Å². The second-order valence-electron chi connectivity index (χ2n) is 7.96. The number of hydrogen-bond donors (Lipinski definition) is 2. The van der Waals surface area contributed by atoms with Gasteiger partial charge in [-0.25, -0.2) is 4.79 Å². The van der Waals surface area contributed by atoms with E-state index in [-0.39, 0.29) is 12.3 Å². The van der Waals surface area contributed by atoms with Gasteiger partial charge < -0.3 is 15.0 Å². The van der Waals surface area contributed by atoms with Gasteiger partial charge in [-0.1, -0.05) is 83.9 Å². The highest BCUT2D eigenvalue weighted by atomic mass is 35.5. The Morgan fingerprint density at radius 2 is 1.59 bits per heavy atom. The Bertz CT molecular complexity index is 1300. The predicted octanol–water partition coefficient (Wildman–Crippen LogP) is 5.97. The molecule has 1 atom stereocenters. The van der Waals surface area contributed by atoms with Crippen LogP contribution in [0.2, 0.25) is 10.0 Å². The maximum absolute atomic E-state index is 12.9. The number of ether oxygens (including phenoxy) is 1. The number of nitrogens with one attached hydrogen (secondary N) is 2. The van der Waals surface area contributed by atoms with Crippen molar-refractivity contribution in [2.75, 3.05) is 7.11 Å². The maximum Gasteiger partial charge on any atom is 0.328 e. The molecular weight excluding hydrogens is 471 g/mol. The van der Waals surface area contributed by atoms with Crippen LogP contribution >= 0.6 is 23.2 Å². The molecule has 1 unspecified atom stereocenters. The third-order valence-electron chi connectivity index (χ3n) is 5.73. The van der Waals surface area contributed by atoms with Gasteiger partial charge in [-0.15, -0.1) is 0 Å². The Kier molecular flexibility index (Phi) is 7.56. The number of hydrogen-bond acceptors (Lipinski definition) is 3. The maximum atomic E-state index is 12.9. The smallest absolute Gasteiger partial charge is 0.328 e. The number of rotatable bonds is 8. The van der Waals surface area contributed by atoms with E-state index in [1.165, 1.54) is 7.11 Å². The normalized spacial score (nSPS) is 11.9. The fraction of sp³-hybridized carbons (Fsp3) is 0.185. The van der Waals surface area contributed by atoms with Crippen molar-refractivity contribution in [2.24, 2.45) is 0 Å². The minimum atomic E-state index is -0.769. The van der Waals surface area contributed by atoms with Gasteiger partial charge in [-0.3, -0.25) is 4.79 Å². The molecule has 0 aliphatic heterocycles. The molecule has 0 spiro atoms. The molecule has 4 rings (SSSR count). The number of aromatic nitrogens is 1. The van der Waals surface area contributed by atoms with Crippen LogP contribution in [0.25, 0.3) is 22.2 Å². The summed E-state index contributed by atoms with van der Waals surface area (Å²) >= 11 is 13.0. The quantitative estimate of drug-likeness (QED) is 0.296. The van der Waals surface area contributed by atoms with Crippen molar-refractivity contribution in [3.05, 3.63) is 94.0 Å². The highest BCUT2D eigenvalue weighted by molar-refractivity contribution is 6.40. The van der Waals surface area contributed by atoms with Crippen molar-refractivity contribution < 1.29 is 14.3 Å². The Morgan fingerprint density at radius 3 is 2.26 bits per heavy atom. The van der Waals surface area contributed by atoms with Gasteiger partial charge in [0, 0.05) is 23.9 Å². The summed E-state index contributed by atoms with van der Waals surface area (Å²) in [5.74, 6) is -0.734. The molecule has 1 aromatic heterocycles. The van der Waals surface area contributed by atoms with Crippen molar-refractivity contribution in [1.29, 1.82) is 0 Å². The summed E-state index contributed by atoms with van der Waals surface area (Å²) in [6.07, 6.45) is 0.927. The second kappa shape index (κ2) is 10.8. The Balaban J connectivity index is 1.58. The molecule has 0 saturated carbocycles. The molecule has 0 aliphatic carbocycles. The van der Waals surface area contributed by atoms with E-state index in [9.17, 15) is 9.59 Å². The van der Waals surface area contributed by atoms with Crippen LogP contribution in [-0.2, 0) is 27.2 Å². The molecule has 7 heteroatoms. The average Bonchev–Trinajstić information content (AvgIpc) is 3.26. The number of carbonyl (C=O) groups is 2. The first-order chi connectivity index (χ1) is 16.5. The summed E-state index contributed by atoms with van der Waals surface area (Å²) in [5, 5.41) is 4.75. The summed E-state index contributed by atoms with van der Waals surface area (Å²) in [4.78, 5) is 28.6. The van der Waals surface area contributed by atoms with Crippen LogP contribution in [0.4, 0.5) is 0 Å². The largest absolute Gasteiger partial charge is 0.467 e. The summed E-state index contributed by atoms with van der Waals surface area (Å²) < 4.78 is 4.91. The monoisotopic (exact) mass is 494 g/mol. The van der Waals surface area contributed by atoms with Crippen molar-refractivity contribution in [3.63, 3.8) is 0 Å². The molecule has 174 valence electrons. The number of methoxy groups -OCH3 is 1. The number of H-pyrrole nitrogens is 1. The average molecular weight is 495 g/mol. The molecule has 0 radical (unpaired) electrons. The lowest BCUT2D eigenvalue weighted by Gasteiger charge is -2.17. The van der Waals surface area contributed by atoms with E-state index in [1.807, 2.05) is 60.7 Å². The van der Waals surface area contributed by atoms with Crippen LogP contribution in [-0.4, -0.2) is 30.0 Å². The Morgan fingerprint density at radius 1 is 0.941 bits per heavy atom. The number of fused-ring (bicyclic) bond motifs is 1. The van der Waals surface area contributed by atoms with Crippen LogP contribution in [0, 0.1) is 0 Å². The number of aryl methyl sites for hydroxylation is 1. The SMILES string of the molecule is COC(=O)C(Cc1ccccc1)NC(=O)CCc1c(-c2ccccc2)[nH]c2c(Cl)ccc(Cl)c12. The third kappa shape index (κ3) is 5.27. The summed E-state index contributed by atoms with van der Waals surface area (Å²) in [7, 11) is 1.32. The fourth-order valence-electron chi connectivity index (χ4n) is 4.09. The van der Waals surface area contributed by atoms with E-state index in [4.69, 9.17) is 27.9 Å². The highest BCUT2D eigenvalue weighted by Gasteiger charge is 2.23. The lowest BCUT2D eigenvalue weighted by atomic mass is 10.0. The number of halogens is 2. The molecule has 2 N–H and O–H groups in total. The topological polar surface area (TPSA) is 71.2 Å². The van der Waals surface area contributed by atoms with Gasteiger partial charge in [0.05, 0.1) is 22.7 Å². The van der Waals surface area contributed by atoms with Crippen LogP contribution in [0.1, 0.15) is 17.5 Å². The first kappa shape index (κ1) is 23.9. The molecule has 0 saturated heterocycles. The first-order valence-corrected chi connectivity index (χ1v) is 11.7. The zero-order valence-electron chi connectivity index (χ0n) is 18.6. The molecule has 4 aromatic rings. The zero-order valence-corrected chi connectivity index (χ0v) is 20.1. The van der Waals surface area contributed by atoms with Gasteiger partial charge >= 0.3 is 5.97 Å². The van der Waals surface area contributed by atoms with E-state index >= 15 is 0 Å². The molecule has 1 heterocycles. The minimum Gasteiger partial charge on any atom is -0.467 e. The summed E-state index contributed by atoms with van der Waals surface area (Å²) in [5.41, 5.74) is 4.41. The Labute approximate surface area is 208 Å². The number of esters is 1. The van der Waals surface area contributed by atoms with E-state index in [1.54, 1.807) is 12.1 Å². The lowest BCUT2D eigenvalue weighted by molar-refractivity contribution is -0.145. The number of benzene rings is 3. The van der Waals surface area contributed by atoms with Crippen LogP contribution in [0.5, 0.6) is 0 Å². The summed E-state index contributed by atoms with van der Waals surface area (Å²) in [6, 6.07) is 22.1. The molecular formula is C27H24Cl2N2O3. The highest BCUT2D eigenvalue weighted by Crippen LogP contribution is 2.38. The van der Waals surface area contributed by atoms with E-state index in [2.05, 4.69) is 10.3 Å². The Hall–Kier alpha value is -3.28. The van der Waals surface area contributed by atoms with Crippen LogP contribution in [0.3, 0.4) is 0 Å². The third-order valence-corrected chi connectivity index (χ3v) is 6.36. The predicted molar refractivity (Wildman–Crippen MR) is 136 cm³/mol. The van der Waals surface area contributed by atoms with Crippen molar-refractivity contribution in [1.82, 2.24) is 10.3 Å². The second-order valence-corrected chi connectivity index (χ2v) is 8.77. The zero-order chi connectivity index (χ0) is 24.1. The molecule has 0 bridgehead atoms. The van der Waals surface area contributed by atoms with Crippen molar-refractivity contribution in [2.45, 2.75) is 25.3 Å². The number of amides is 1. The van der Waals surface area contributed by atoms with Crippen molar-refractivity contribution >= 4 is 46.0 Å².